The van der Waals surface area contributed by atoms with E-state index >= 15 is 0 Å². The highest BCUT2D eigenvalue weighted by molar-refractivity contribution is 14.0. The van der Waals surface area contributed by atoms with Gasteiger partial charge in [-0.3, -0.25) is 9.79 Å². The van der Waals surface area contributed by atoms with Gasteiger partial charge in [-0.15, -0.1) is 24.0 Å². The monoisotopic (exact) mass is 550 g/mol. The van der Waals surface area contributed by atoms with Gasteiger partial charge in [0.05, 0.1) is 12.5 Å². The number of ether oxygens (including phenoxy) is 2. The third-order valence-electron chi connectivity index (χ3n) is 5.06. The number of primary amides is 1. The smallest absolute Gasteiger partial charge is 0.222 e. The van der Waals surface area contributed by atoms with Crippen LogP contribution in [0.1, 0.15) is 31.7 Å². The van der Waals surface area contributed by atoms with E-state index in [0.29, 0.717) is 31.4 Å². The van der Waals surface area contributed by atoms with Crippen LogP contribution in [0, 0.1) is 17.7 Å². The molecule has 1 heterocycles. The van der Waals surface area contributed by atoms with Crippen LogP contribution in [0.5, 0.6) is 0 Å². The average Bonchev–Trinajstić information content (AvgIpc) is 2.75. The number of benzene rings is 1. The van der Waals surface area contributed by atoms with Crippen molar-refractivity contribution in [1.82, 2.24) is 10.6 Å². The summed E-state index contributed by atoms with van der Waals surface area (Å²) in [5.41, 5.74) is 6.40. The van der Waals surface area contributed by atoms with Gasteiger partial charge >= 0.3 is 0 Å². The SMILES string of the molecule is CCNC(=NCC(Cc1ccc(F)cc1)C(N)=O)NCCCOCC1CCOCC1.I. The number of nitrogens with zero attached hydrogens (tertiary/aromatic N) is 1. The highest BCUT2D eigenvalue weighted by Gasteiger charge is 2.16. The Kier molecular flexibility index (Phi) is 14.4. The molecule has 1 fully saturated rings. The number of aliphatic imine (C=N–C) groups is 1. The standard InChI is InChI=1S/C22H35FN4O3.HI/c1-2-25-22(26-10-3-11-30-16-18-8-12-29-13-9-18)27-15-19(21(24)28)14-17-4-6-20(23)7-5-17;/h4-7,18-19H,2-3,8-16H2,1H3,(H2,24,28)(H2,25,26,27);1H. The van der Waals surface area contributed by atoms with Crippen LogP contribution < -0.4 is 16.4 Å². The first-order valence-electron chi connectivity index (χ1n) is 10.8. The van der Waals surface area contributed by atoms with Crippen molar-refractivity contribution in [3.63, 3.8) is 0 Å². The number of hydrogen-bond acceptors (Lipinski definition) is 4. The second kappa shape index (κ2) is 16.2. The highest BCUT2D eigenvalue weighted by Crippen LogP contribution is 2.14. The van der Waals surface area contributed by atoms with Crippen molar-refractivity contribution < 1.29 is 18.7 Å². The van der Waals surface area contributed by atoms with E-state index in [1.54, 1.807) is 12.1 Å². The molecule has 1 amide bonds. The van der Waals surface area contributed by atoms with Gasteiger partial charge in [0.2, 0.25) is 5.91 Å². The minimum Gasteiger partial charge on any atom is -0.381 e. The molecule has 31 heavy (non-hydrogen) atoms. The van der Waals surface area contributed by atoms with Gasteiger partial charge in [0, 0.05) is 39.5 Å². The fourth-order valence-electron chi connectivity index (χ4n) is 3.25. The minimum absolute atomic E-state index is 0. The summed E-state index contributed by atoms with van der Waals surface area (Å²) in [5, 5.41) is 6.44. The molecular formula is C22H36FIN4O3. The summed E-state index contributed by atoms with van der Waals surface area (Å²) in [4.78, 5) is 16.3. The number of guanidine groups is 1. The van der Waals surface area contributed by atoms with Crippen molar-refractivity contribution in [2.24, 2.45) is 22.6 Å². The highest BCUT2D eigenvalue weighted by atomic mass is 127. The van der Waals surface area contributed by atoms with Crippen LogP contribution in [0.3, 0.4) is 0 Å². The summed E-state index contributed by atoms with van der Waals surface area (Å²) in [6, 6.07) is 6.09. The molecule has 1 aromatic carbocycles. The maximum atomic E-state index is 13.1. The van der Waals surface area contributed by atoms with Crippen molar-refractivity contribution in [2.75, 3.05) is 46.1 Å². The number of amides is 1. The number of carbonyl (C=O) groups is 1. The summed E-state index contributed by atoms with van der Waals surface area (Å²) in [6.45, 7) is 6.85. The topological polar surface area (TPSA) is 98.0 Å². The summed E-state index contributed by atoms with van der Waals surface area (Å²) in [6.07, 6.45) is 3.45. The predicted molar refractivity (Wildman–Crippen MR) is 131 cm³/mol. The quantitative estimate of drug-likeness (QED) is 0.161. The van der Waals surface area contributed by atoms with Crippen LogP contribution in [0.25, 0.3) is 0 Å². The molecule has 0 bridgehead atoms. The summed E-state index contributed by atoms with van der Waals surface area (Å²) < 4.78 is 24.2. The van der Waals surface area contributed by atoms with Crippen LogP contribution in [0.15, 0.2) is 29.3 Å². The molecule has 2 rings (SSSR count). The number of nitrogens with two attached hydrogens (primary N) is 1. The lowest BCUT2D eigenvalue weighted by Crippen LogP contribution is -2.39. The van der Waals surface area contributed by atoms with Gasteiger partial charge in [-0.2, -0.15) is 0 Å². The number of halogens is 2. The minimum atomic E-state index is -0.450. The molecule has 0 radical (unpaired) electrons. The van der Waals surface area contributed by atoms with Gasteiger partial charge in [-0.25, -0.2) is 4.39 Å². The van der Waals surface area contributed by atoms with E-state index in [1.807, 2.05) is 6.92 Å². The van der Waals surface area contributed by atoms with Gasteiger partial charge < -0.3 is 25.8 Å². The molecule has 0 aromatic heterocycles. The molecule has 1 atom stereocenters. The maximum absolute atomic E-state index is 13.1. The molecule has 1 aromatic rings. The number of hydrogen-bond donors (Lipinski definition) is 3. The molecule has 1 saturated heterocycles. The van der Waals surface area contributed by atoms with Crippen molar-refractivity contribution in [3.05, 3.63) is 35.6 Å². The van der Waals surface area contributed by atoms with Crippen molar-refractivity contribution in [1.29, 1.82) is 0 Å². The van der Waals surface area contributed by atoms with Crippen LogP contribution in [0.2, 0.25) is 0 Å². The van der Waals surface area contributed by atoms with Crippen molar-refractivity contribution >= 4 is 35.8 Å². The fourth-order valence-corrected chi connectivity index (χ4v) is 3.25. The Morgan fingerprint density at radius 2 is 2.00 bits per heavy atom. The van der Waals surface area contributed by atoms with Crippen LogP contribution in [0.4, 0.5) is 4.39 Å². The second-order valence-electron chi connectivity index (χ2n) is 7.56. The molecule has 1 aliphatic heterocycles. The maximum Gasteiger partial charge on any atom is 0.222 e. The van der Waals surface area contributed by atoms with E-state index < -0.39 is 11.8 Å². The van der Waals surface area contributed by atoms with Gasteiger partial charge in [0.1, 0.15) is 5.82 Å². The molecule has 0 aliphatic carbocycles. The lowest BCUT2D eigenvalue weighted by Gasteiger charge is -2.21. The first-order valence-corrected chi connectivity index (χ1v) is 10.8. The van der Waals surface area contributed by atoms with Crippen LogP contribution in [-0.4, -0.2) is 57.9 Å². The number of carbonyl (C=O) groups excluding carboxylic acids is 1. The number of rotatable bonds is 12. The second-order valence-corrected chi connectivity index (χ2v) is 7.56. The zero-order valence-corrected chi connectivity index (χ0v) is 20.6. The summed E-state index contributed by atoms with van der Waals surface area (Å²) in [7, 11) is 0. The molecule has 0 saturated carbocycles. The average molecular weight is 550 g/mol. The Bertz CT molecular complexity index is 655. The molecule has 1 aliphatic rings. The van der Waals surface area contributed by atoms with E-state index in [4.69, 9.17) is 15.2 Å². The normalized spacial score (nSPS) is 15.7. The van der Waals surface area contributed by atoms with Crippen LogP contribution >= 0.6 is 24.0 Å². The molecule has 176 valence electrons. The van der Waals surface area contributed by atoms with E-state index in [0.717, 1.165) is 51.2 Å². The molecule has 4 N–H and O–H groups in total. The van der Waals surface area contributed by atoms with Crippen molar-refractivity contribution in [3.8, 4) is 0 Å². The zero-order valence-electron chi connectivity index (χ0n) is 18.3. The third-order valence-corrected chi connectivity index (χ3v) is 5.06. The first-order chi connectivity index (χ1) is 14.6. The molecular weight excluding hydrogens is 514 g/mol. The Morgan fingerprint density at radius 1 is 1.29 bits per heavy atom. The first kappa shape index (κ1) is 27.6. The zero-order chi connectivity index (χ0) is 21.6. The molecule has 7 nitrogen and oxygen atoms in total. The van der Waals surface area contributed by atoms with Gasteiger partial charge in [0.25, 0.3) is 0 Å². The predicted octanol–water partition coefficient (Wildman–Crippen LogP) is 2.48. The molecule has 9 heteroatoms. The van der Waals surface area contributed by atoms with Gasteiger partial charge in [-0.05, 0) is 56.2 Å². The van der Waals surface area contributed by atoms with E-state index in [9.17, 15) is 9.18 Å². The fraction of sp³-hybridized carbons (Fsp3) is 0.636. The van der Waals surface area contributed by atoms with E-state index in [1.165, 1.54) is 12.1 Å². The Balaban J connectivity index is 0.00000480. The van der Waals surface area contributed by atoms with Gasteiger partial charge in [-0.1, -0.05) is 12.1 Å². The number of nitrogens with one attached hydrogen (secondary N) is 2. The van der Waals surface area contributed by atoms with E-state index in [-0.39, 0.29) is 36.3 Å². The summed E-state index contributed by atoms with van der Waals surface area (Å²) >= 11 is 0. The third kappa shape index (κ3) is 11.6. The lowest BCUT2D eigenvalue weighted by atomic mass is 9.99. The molecule has 1 unspecified atom stereocenters. The molecule has 0 spiro atoms. The van der Waals surface area contributed by atoms with E-state index in [2.05, 4.69) is 15.6 Å². The Hall–Kier alpha value is -1.46. The Labute approximate surface area is 201 Å². The largest absolute Gasteiger partial charge is 0.381 e. The van der Waals surface area contributed by atoms with Crippen molar-refractivity contribution in [2.45, 2.75) is 32.6 Å². The van der Waals surface area contributed by atoms with Gasteiger partial charge in [0.15, 0.2) is 5.96 Å². The lowest BCUT2D eigenvalue weighted by molar-refractivity contribution is -0.121. The summed E-state index contributed by atoms with van der Waals surface area (Å²) in [5.74, 6) is 0.0849. The van der Waals surface area contributed by atoms with Crippen LogP contribution in [-0.2, 0) is 20.7 Å². The Morgan fingerprint density at radius 3 is 2.65 bits per heavy atom.